The fraction of sp³-hybridized carbons (Fsp3) is 0.533. The number of phenols is 1. The van der Waals surface area contributed by atoms with Gasteiger partial charge in [0.05, 0.1) is 25.7 Å². The number of aromatic hydroxyl groups is 1. The van der Waals surface area contributed by atoms with Crippen LogP contribution in [0.4, 0.5) is 0 Å². The Kier molecular flexibility index (Phi) is 5.82. The molecule has 0 saturated carbocycles. The highest BCUT2D eigenvalue weighted by molar-refractivity contribution is 6.44. The largest absolute Gasteiger partial charge is 0.508 e. The van der Waals surface area contributed by atoms with Crippen LogP contribution >= 0.6 is 0 Å². The molecule has 120 valence electrons. The normalized spacial score (nSPS) is 21.1. The van der Waals surface area contributed by atoms with Crippen LogP contribution in [0.15, 0.2) is 18.2 Å². The zero-order chi connectivity index (χ0) is 16.1. The summed E-state index contributed by atoms with van der Waals surface area (Å²) in [6.07, 6.45) is -0.0173. The number of phenolic OH excluding ortho intramolecular Hbond substituents is 1. The van der Waals surface area contributed by atoms with Crippen molar-refractivity contribution in [3.63, 3.8) is 0 Å². The van der Waals surface area contributed by atoms with E-state index in [0.29, 0.717) is 19.5 Å². The van der Waals surface area contributed by atoms with E-state index in [1.807, 2.05) is 6.07 Å². The summed E-state index contributed by atoms with van der Waals surface area (Å²) in [5, 5.41) is 19.6. The molecule has 22 heavy (non-hydrogen) atoms. The Morgan fingerprint density at radius 2 is 2.23 bits per heavy atom. The van der Waals surface area contributed by atoms with Crippen LogP contribution < -0.4 is 0 Å². The maximum absolute atomic E-state index is 11.7. The molecular formula is C15H21BO6. The number of ether oxygens (including phenoxy) is 2. The molecule has 7 heteroatoms. The Balaban J connectivity index is 2.19. The molecule has 1 aliphatic rings. The third-order valence-electron chi connectivity index (χ3n) is 3.65. The minimum Gasteiger partial charge on any atom is -0.508 e. The summed E-state index contributed by atoms with van der Waals surface area (Å²) in [4.78, 5) is 11.7. The Morgan fingerprint density at radius 3 is 2.91 bits per heavy atom. The number of methoxy groups -OCH3 is 1. The number of hydrogen-bond donors (Lipinski definition) is 2. The lowest BCUT2D eigenvalue weighted by molar-refractivity contribution is -0.145. The minimum absolute atomic E-state index is 0.0742. The summed E-state index contributed by atoms with van der Waals surface area (Å²) >= 11 is 0. The number of rotatable bonds is 6. The van der Waals surface area contributed by atoms with Gasteiger partial charge >= 0.3 is 13.1 Å². The topological polar surface area (TPSA) is 85.2 Å². The zero-order valence-corrected chi connectivity index (χ0v) is 12.8. The molecule has 1 aromatic carbocycles. The van der Waals surface area contributed by atoms with Gasteiger partial charge in [0, 0.05) is 13.0 Å². The molecule has 0 aliphatic carbocycles. The molecule has 6 nitrogen and oxygen atoms in total. The second-order valence-corrected chi connectivity index (χ2v) is 5.35. The molecule has 0 amide bonds. The van der Waals surface area contributed by atoms with Crippen molar-refractivity contribution in [3.05, 3.63) is 29.3 Å². The zero-order valence-electron chi connectivity index (χ0n) is 12.8. The van der Waals surface area contributed by atoms with Crippen molar-refractivity contribution in [2.24, 2.45) is 0 Å². The molecule has 0 bridgehead atoms. The Bertz CT molecular complexity index is 521. The van der Waals surface area contributed by atoms with E-state index in [0.717, 1.165) is 11.1 Å². The van der Waals surface area contributed by atoms with Gasteiger partial charge in [-0.15, -0.1) is 0 Å². The van der Waals surface area contributed by atoms with E-state index in [1.165, 1.54) is 0 Å². The SMILES string of the molecule is CCOC(=O)CC1OB(O)CC1c1cc(O)cc(COC)c1. The summed E-state index contributed by atoms with van der Waals surface area (Å²) < 4.78 is 15.4. The average Bonchev–Trinajstić information content (AvgIpc) is 2.79. The number of esters is 1. The number of carbonyl (C=O) groups excluding carboxylic acids is 1. The second kappa shape index (κ2) is 7.62. The Hall–Kier alpha value is -1.57. The first-order valence-electron chi connectivity index (χ1n) is 7.34. The first kappa shape index (κ1) is 16.8. The maximum atomic E-state index is 11.7. The predicted molar refractivity (Wildman–Crippen MR) is 80.5 cm³/mol. The molecular weight excluding hydrogens is 287 g/mol. The lowest BCUT2D eigenvalue weighted by atomic mass is 9.77. The molecule has 2 N–H and O–H groups in total. The van der Waals surface area contributed by atoms with E-state index in [2.05, 4.69) is 0 Å². The van der Waals surface area contributed by atoms with Crippen LogP contribution in [0.1, 0.15) is 30.4 Å². The maximum Gasteiger partial charge on any atom is 0.455 e. The summed E-state index contributed by atoms with van der Waals surface area (Å²) in [5.41, 5.74) is 1.65. The monoisotopic (exact) mass is 308 g/mol. The molecule has 0 radical (unpaired) electrons. The van der Waals surface area contributed by atoms with Crippen molar-refractivity contribution >= 4 is 13.1 Å². The predicted octanol–water partition coefficient (Wildman–Crippen LogP) is 1.45. The molecule has 2 rings (SSSR count). The molecule has 1 saturated heterocycles. The highest BCUT2D eigenvalue weighted by Gasteiger charge is 2.40. The van der Waals surface area contributed by atoms with Crippen molar-refractivity contribution in [2.45, 2.75) is 38.3 Å². The van der Waals surface area contributed by atoms with Gasteiger partial charge in [-0.3, -0.25) is 4.79 Å². The first-order chi connectivity index (χ1) is 10.5. The highest BCUT2D eigenvalue weighted by atomic mass is 16.5. The van der Waals surface area contributed by atoms with Crippen LogP contribution in [-0.2, 0) is 25.5 Å². The number of hydrogen-bond acceptors (Lipinski definition) is 6. The number of carbonyl (C=O) groups is 1. The molecule has 0 spiro atoms. The smallest absolute Gasteiger partial charge is 0.455 e. The quantitative estimate of drug-likeness (QED) is 0.611. The average molecular weight is 308 g/mol. The molecule has 0 aromatic heterocycles. The highest BCUT2D eigenvalue weighted by Crippen LogP contribution is 2.37. The molecule has 1 aliphatic heterocycles. The van der Waals surface area contributed by atoms with Crippen LogP contribution in [0.25, 0.3) is 0 Å². The molecule has 2 atom stereocenters. The van der Waals surface area contributed by atoms with Gasteiger partial charge in [0.15, 0.2) is 0 Å². The fourth-order valence-electron chi connectivity index (χ4n) is 2.81. The molecule has 1 fully saturated rings. The van der Waals surface area contributed by atoms with E-state index in [9.17, 15) is 14.9 Å². The molecule has 2 unspecified atom stereocenters. The van der Waals surface area contributed by atoms with E-state index >= 15 is 0 Å². The van der Waals surface area contributed by atoms with Crippen molar-refractivity contribution in [1.29, 1.82) is 0 Å². The Morgan fingerprint density at radius 1 is 1.45 bits per heavy atom. The van der Waals surface area contributed by atoms with Gasteiger partial charge in [-0.1, -0.05) is 6.07 Å². The van der Waals surface area contributed by atoms with Crippen LogP contribution in [0.5, 0.6) is 5.75 Å². The molecule has 1 aromatic rings. The summed E-state index contributed by atoms with van der Waals surface area (Å²) in [6.45, 7) is 2.43. The van der Waals surface area contributed by atoms with Crippen LogP contribution in [0.2, 0.25) is 6.32 Å². The van der Waals surface area contributed by atoms with Crippen molar-refractivity contribution < 1.29 is 29.1 Å². The fourth-order valence-corrected chi connectivity index (χ4v) is 2.81. The third kappa shape index (κ3) is 4.22. The van der Waals surface area contributed by atoms with Gasteiger partial charge in [0.25, 0.3) is 0 Å². The van der Waals surface area contributed by atoms with Crippen molar-refractivity contribution in [1.82, 2.24) is 0 Å². The van der Waals surface area contributed by atoms with Gasteiger partial charge in [-0.25, -0.2) is 0 Å². The minimum atomic E-state index is -0.919. The van der Waals surface area contributed by atoms with Gasteiger partial charge in [-0.05, 0) is 36.5 Å². The van der Waals surface area contributed by atoms with E-state index in [1.54, 1.807) is 26.2 Å². The third-order valence-corrected chi connectivity index (χ3v) is 3.65. The van der Waals surface area contributed by atoms with Crippen LogP contribution in [0.3, 0.4) is 0 Å². The summed E-state index contributed by atoms with van der Waals surface area (Å²) in [5.74, 6) is -0.410. The summed E-state index contributed by atoms with van der Waals surface area (Å²) in [6, 6.07) is 5.15. The van der Waals surface area contributed by atoms with Gasteiger partial charge in [0.2, 0.25) is 0 Å². The van der Waals surface area contributed by atoms with Crippen LogP contribution in [0, 0.1) is 0 Å². The second-order valence-electron chi connectivity index (χ2n) is 5.35. The van der Waals surface area contributed by atoms with Crippen LogP contribution in [-0.4, -0.2) is 43.0 Å². The first-order valence-corrected chi connectivity index (χ1v) is 7.34. The van der Waals surface area contributed by atoms with Gasteiger partial charge < -0.3 is 24.3 Å². The lowest BCUT2D eigenvalue weighted by Crippen LogP contribution is -2.22. The van der Waals surface area contributed by atoms with Gasteiger partial charge in [-0.2, -0.15) is 0 Å². The van der Waals surface area contributed by atoms with E-state index in [-0.39, 0.29) is 24.1 Å². The lowest BCUT2D eigenvalue weighted by Gasteiger charge is -2.19. The van der Waals surface area contributed by atoms with Gasteiger partial charge in [0.1, 0.15) is 5.75 Å². The van der Waals surface area contributed by atoms with Crippen molar-refractivity contribution in [3.8, 4) is 5.75 Å². The number of benzene rings is 1. The molecule has 1 heterocycles. The Labute approximate surface area is 130 Å². The van der Waals surface area contributed by atoms with Crippen molar-refractivity contribution in [2.75, 3.05) is 13.7 Å². The summed E-state index contributed by atoms with van der Waals surface area (Å²) in [7, 11) is 0.660. The standard InChI is InChI=1S/C15H21BO6/c1-3-21-15(18)7-14-13(8-16(19)22-14)11-4-10(9-20-2)5-12(17)6-11/h4-6,13-14,17,19H,3,7-9H2,1-2H3. The van der Waals surface area contributed by atoms with E-state index < -0.39 is 13.2 Å². The van der Waals surface area contributed by atoms with E-state index in [4.69, 9.17) is 14.1 Å².